The fraction of sp³-hybridized carbons (Fsp3) is 0.120. The Balaban J connectivity index is 1.52. The van der Waals surface area contributed by atoms with Crippen LogP contribution in [0.15, 0.2) is 77.0 Å². The van der Waals surface area contributed by atoms with Gasteiger partial charge in [-0.1, -0.05) is 41.0 Å². The van der Waals surface area contributed by atoms with E-state index in [0.717, 1.165) is 22.7 Å². The van der Waals surface area contributed by atoms with Crippen molar-refractivity contribution in [1.82, 2.24) is 20.2 Å². The SMILES string of the molecule is COc1ccc(-c2nnc(SCC(=O)N/N=C/c3ccc(Cl)c(Cl)c3)n2-c2ccc(OC)cc2)cc1. The van der Waals surface area contributed by atoms with Crippen molar-refractivity contribution in [3.63, 3.8) is 0 Å². The molecule has 8 nitrogen and oxygen atoms in total. The number of hydrazone groups is 1. The number of thioether (sulfide) groups is 1. The number of benzene rings is 3. The second-order valence-corrected chi connectivity index (χ2v) is 9.08. The van der Waals surface area contributed by atoms with Crippen molar-refractivity contribution in [1.29, 1.82) is 0 Å². The zero-order chi connectivity index (χ0) is 25.5. The van der Waals surface area contributed by atoms with E-state index in [-0.39, 0.29) is 11.7 Å². The lowest BCUT2D eigenvalue weighted by Crippen LogP contribution is -2.20. The van der Waals surface area contributed by atoms with E-state index in [2.05, 4.69) is 20.7 Å². The highest BCUT2D eigenvalue weighted by molar-refractivity contribution is 7.99. The summed E-state index contributed by atoms with van der Waals surface area (Å²) in [6, 6.07) is 20.1. The molecule has 0 spiro atoms. The Labute approximate surface area is 222 Å². The molecule has 0 unspecified atom stereocenters. The Bertz CT molecular complexity index is 1380. The smallest absolute Gasteiger partial charge is 0.250 e. The molecule has 0 saturated heterocycles. The van der Waals surface area contributed by atoms with Crippen molar-refractivity contribution in [2.24, 2.45) is 5.10 Å². The summed E-state index contributed by atoms with van der Waals surface area (Å²) in [4.78, 5) is 12.4. The molecule has 0 aliphatic carbocycles. The predicted octanol–water partition coefficient (Wildman–Crippen LogP) is 5.50. The molecule has 0 aliphatic rings. The zero-order valence-corrected chi connectivity index (χ0v) is 21.6. The van der Waals surface area contributed by atoms with Crippen molar-refractivity contribution in [3.05, 3.63) is 82.3 Å². The summed E-state index contributed by atoms with van der Waals surface area (Å²) in [5.74, 6) is 1.87. The molecule has 1 heterocycles. The molecule has 3 aromatic carbocycles. The molecule has 0 atom stereocenters. The minimum atomic E-state index is -0.299. The number of hydrogen-bond acceptors (Lipinski definition) is 7. The van der Waals surface area contributed by atoms with Crippen LogP contribution in [0.3, 0.4) is 0 Å². The van der Waals surface area contributed by atoms with Gasteiger partial charge in [0.2, 0.25) is 0 Å². The first-order valence-corrected chi connectivity index (χ1v) is 12.4. The maximum atomic E-state index is 12.4. The zero-order valence-electron chi connectivity index (χ0n) is 19.3. The van der Waals surface area contributed by atoms with Crippen LogP contribution in [0.4, 0.5) is 0 Å². The van der Waals surface area contributed by atoms with Gasteiger partial charge in [0.1, 0.15) is 11.5 Å². The standard InChI is InChI=1S/C25H21Cl2N5O3S/c1-34-19-8-4-17(5-9-19)24-30-31-25(32(24)18-6-10-20(35-2)11-7-18)36-15-23(33)29-28-14-16-3-12-21(26)22(27)13-16/h3-14H,15H2,1-2H3,(H,29,33)/b28-14+. The molecule has 1 N–H and O–H groups in total. The van der Waals surface area contributed by atoms with Crippen LogP contribution in [0.25, 0.3) is 17.1 Å². The number of aromatic nitrogens is 3. The Kier molecular flexibility index (Phi) is 8.48. The number of nitrogens with one attached hydrogen (secondary N) is 1. The van der Waals surface area contributed by atoms with Crippen LogP contribution >= 0.6 is 35.0 Å². The predicted molar refractivity (Wildman–Crippen MR) is 143 cm³/mol. The monoisotopic (exact) mass is 541 g/mol. The highest BCUT2D eigenvalue weighted by Crippen LogP contribution is 2.30. The Morgan fingerprint density at radius 1 is 0.972 bits per heavy atom. The molecule has 4 aromatic rings. The number of methoxy groups -OCH3 is 2. The topological polar surface area (TPSA) is 90.6 Å². The minimum absolute atomic E-state index is 0.0790. The van der Waals surface area contributed by atoms with E-state index in [1.54, 1.807) is 32.4 Å². The van der Waals surface area contributed by atoms with Crippen LogP contribution in [0.1, 0.15) is 5.56 Å². The van der Waals surface area contributed by atoms with Crippen LogP contribution in [0.5, 0.6) is 11.5 Å². The number of carbonyl (C=O) groups is 1. The van der Waals surface area contributed by atoms with E-state index in [1.165, 1.54) is 18.0 Å². The third-order valence-corrected chi connectivity index (χ3v) is 6.66. The van der Waals surface area contributed by atoms with Gasteiger partial charge in [-0.25, -0.2) is 5.43 Å². The van der Waals surface area contributed by atoms with E-state index in [4.69, 9.17) is 32.7 Å². The molecule has 4 rings (SSSR count). The van der Waals surface area contributed by atoms with Crippen molar-refractivity contribution in [2.75, 3.05) is 20.0 Å². The lowest BCUT2D eigenvalue weighted by molar-refractivity contribution is -0.118. The maximum Gasteiger partial charge on any atom is 0.250 e. The van der Waals surface area contributed by atoms with Crippen molar-refractivity contribution < 1.29 is 14.3 Å². The Morgan fingerprint density at radius 3 is 2.28 bits per heavy atom. The third-order valence-electron chi connectivity index (χ3n) is 4.99. The molecule has 11 heteroatoms. The quantitative estimate of drug-likeness (QED) is 0.171. The first kappa shape index (κ1) is 25.6. The molecule has 1 aromatic heterocycles. The molecule has 0 aliphatic heterocycles. The number of hydrogen-bond donors (Lipinski definition) is 1. The number of carbonyl (C=O) groups excluding carboxylic acids is 1. The number of halogens is 2. The van der Waals surface area contributed by atoms with E-state index < -0.39 is 0 Å². The van der Waals surface area contributed by atoms with Gasteiger partial charge in [-0.2, -0.15) is 5.10 Å². The first-order valence-electron chi connectivity index (χ1n) is 10.6. The lowest BCUT2D eigenvalue weighted by Gasteiger charge is -2.11. The normalized spacial score (nSPS) is 11.0. The third kappa shape index (κ3) is 6.17. The van der Waals surface area contributed by atoms with E-state index >= 15 is 0 Å². The molecule has 184 valence electrons. The summed E-state index contributed by atoms with van der Waals surface area (Å²) in [5, 5.41) is 14.1. The minimum Gasteiger partial charge on any atom is -0.497 e. The molecular formula is C25H21Cl2N5O3S. The van der Waals surface area contributed by atoms with Crippen LogP contribution in [-0.2, 0) is 4.79 Å². The molecule has 0 saturated carbocycles. The number of nitrogens with zero attached hydrogens (tertiary/aromatic N) is 4. The average molecular weight is 542 g/mol. The summed E-state index contributed by atoms with van der Waals surface area (Å²) in [6.45, 7) is 0. The van der Waals surface area contributed by atoms with Gasteiger partial charge in [-0.15, -0.1) is 10.2 Å². The maximum absolute atomic E-state index is 12.4. The summed E-state index contributed by atoms with van der Waals surface area (Å²) >= 11 is 13.2. The van der Waals surface area contributed by atoms with E-state index in [9.17, 15) is 4.79 Å². The highest BCUT2D eigenvalue weighted by Gasteiger charge is 2.17. The summed E-state index contributed by atoms with van der Waals surface area (Å²) in [5.41, 5.74) is 4.89. The molecular weight excluding hydrogens is 521 g/mol. The highest BCUT2D eigenvalue weighted by atomic mass is 35.5. The average Bonchev–Trinajstić information content (AvgIpc) is 3.33. The van der Waals surface area contributed by atoms with Crippen molar-refractivity contribution >= 4 is 47.1 Å². The van der Waals surface area contributed by atoms with Crippen LogP contribution < -0.4 is 14.9 Å². The summed E-state index contributed by atoms with van der Waals surface area (Å²) < 4.78 is 12.4. The van der Waals surface area contributed by atoms with Crippen molar-refractivity contribution in [2.45, 2.75) is 5.16 Å². The molecule has 0 bridgehead atoms. The summed E-state index contributed by atoms with van der Waals surface area (Å²) in [6.07, 6.45) is 1.49. The second kappa shape index (κ2) is 11.9. The molecule has 0 fully saturated rings. The van der Waals surface area contributed by atoms with Crippen LogP contribution in [-0.4, -0.2) is 46.9 Å². The Hall–Kier alpha value is -3.53. The van der Waals surface area contributed by atoms with Gasteiger partial charge in [-0.05, 0) is 66.2 Å². The Morgan fingerprint density at radius 2 is 1.64 bits per heavy atom. The fourth-order valence-electron chi connectivity index (χ4n) is 3.19. The van der Waals surface area contributed by atoms with E-state index in [1.807, 2.05) is 53.1 Å². The first-order chi connectivity index (χ1) is 17.5. The fourth-order valence-corrected chi connectivity index (χ4v) is 4.24. The van der Waals surface area contributed by atoms with Gasteiger partial charge in [0.25, 0.3) is 5.91 Å². The second-order valence-electron chi connectivity index (χ2n) is 7.32. The largest absolute Gasteiger partial charge is 0.497 e. The molecule has 1 amide bonds. The van der Waals surface area contributed by atoms with Crippen LogP contribution in [0, 0.1) is 0 Å². The van der Waals surface area contributed by atoms with E-state index in [0.29, 0.717) is 26.6 Å². The number of amides is 1. The number of ether oxygens (including phenoxy) is 2. The molecule has 0 radical (unpaired) electrons. The van der Waals surface area contributed by atoms with Gasteiger partial charge < -0.3 is 9.47 Å². The van der Waals surface area contributed by atoms with Gasteiger partial charge in [0, 0.05) is 11.3 Å². The number of rotatable bonds is 9. The van der Waals surface area contributed by atoms with Gasteiger partial charge in [0.05, 0.1) is 36.2 Å². The van der Waals surface area contributed by atoms with Gasteiger partial charge >= 0.3 is 0 Å². The van der Waals surface area contributed by atoms with Crippen molar-refractivity contribution in [3.8, 4) is 28.6 Å². The summed E-state index contributed by atoms with van der Waals surface area (Å²) in [7, 11) is 3.23. The van der Waals surface area contributed by atoms with Gasteiger partial charge in [0.15, 0.2) is 11.0 Å². The van der Waals surface area contributed by atoms with Gasteiger partial charge in [-0.3, -0.25) is 9.36 Å². The lowest BCUT2D eigenvalue weighted by atomic mass is 10.2. The molecule has 36 heavy (non-hydrogen) atoms. The van der Waals surface area contributed by atoms with Crippen LogP contribution in [0.2, 0.25) is 10.0 Å².